The number of imidazole rings is 1. The highest BCUT2D eigenvalue weighted by Crippen LogP contribution is 2.44. The van der Waals surface area contributed by atoms with Gasteiger partial charge in [0.25, 0.3) is 0 Å². The Labute approximate surface area is 128 Å². The van der Waals surface area contributed by atoms with Gasteiger partial charge in [0.15, 0.2) is 11.6 Å². The molecule has 4 rings (SSSR count). The highest BCUT2D eigenvalue weighted by molar-refractivity contribution is 9.10. The quantitative estimate of drug-likeness (QED) is 0.711. The Balaban J connectivity index is 1.92. The van der Waals surface area contributed by atoms with E-state index >= 15 is 0 Å². The number of pyridine rings is 1. The Morgan fingerprint density at radius 2 is 2.05 bits per heavy atom. The molecule has 1 N–H and O–H groups in total. The Kier molecular flexibility index (Phi) is 2.75. The molecule has 0 amide bonds. The van der Waals surface area contributed by atoms with Crippen LogP contribution in [0.4, 0.5) is 4.39 Å². The molecule has 1 aromatic rings. The molecule has 1 aromatic carbocycles. The van der Waals surface area contributed by atoms with E-state index in [1.165, 1.54) is 6.07 Å². The van der Waals surface area contributed by atoms with E-state index in [9.17, 15) is 9.60 Å². The molecule has 0 unspecified atom stereocenters. The van der Waals surface area contributed by atoms with Crippen LogP contribution in [0.3, 0.4) is 0 Å². The zero-order chi connectivity index (χ0) is 14.6. The molecule has 0 aromatic heterocycles. The lowest BCUT2D eigenvalue weighted by atomic mass is 10.1. The summed E-state index contributed by atoms with van der Waals surface area (Å²) in [4.78, 5) is 8.74. The predicted octanol–water partition coefficient (Wildman–Crippen LogP) is 4.07. The molecule has 2 aliphatic heterocycles. The van der Waals surface area contributed by atoms with E-state index < -0.39 is 5.82 Å². The largest absolute Gasteiger partial charge is 0.427 e. The van der Waals surface area contributed by atoms with E-state index in [0.29, 0.717) is 33.3 Å². The van der Waals surface area contributed by atoms with Crippen LogP contribution in [0.2, 0.25) is 0 Å². The fraction of sp³-hybridized carbons (Fsp3) is 0.200. The molecule has 1 saturated carbocycles. The van der Waals surface area contributed by atoms with Crippen LogP contribution >= 0.6 is 15.9 Å². The first kappa shape index (κ1) is 12.8. The van der Waals surface area contributed by atoms with Crippen molar-refractivity contribution in [3.8, 4) is 22.9 Å². The molecule has 0 bridgehead atoms. The number of nitrogens with zero attached hydrogens (tertiary/aromatic N) is 3. The topological polar surface area (TPSA) is 50.9 Å². The minimum atomic E-state index is -0.392. The Bertz CT molecular complexity index is 813. The number of benzene rings is 1. The Morgan fingerprint density at radius 3 is 2.76 bits per heavy atom. The summed E-state index contributed by atoms with van der Waals surface area (Å²) < 4.78 is 15.7. The molecule has 0 saturated heterocycles. The summed E-state index contributed by atoms with van der Waals surface area (Å²) in [7, 11) is 0. The van der Waals surface area contributed by atoms with Gasteiger partial charge >= 0.3 is 0 Å². The molecule has 1 aliphatic carbocycles. The summed E-state index contributed by atoms with van der Waals surface area (Å²) in [5, 5.41) is 9.88. The van der Waals surface area contributed by atoms with Crippen molar-refractivity contribution < 1.29 is 9.60 Å². The van der Waals surface area contributed by atoms with Crippen molar-refractivity contribution in [1.82, 2.24) is 14.7 Å². The lowest BCUT2D eigenvalue weighted by Gasteiger charge is -2.06. The third kappa shape index (κ3) is 2.10. The van der Waals surface area contributed by atoms with E-state index in [-0.39, 0.29) is 0 Å². The number of halogens is 2. The fourth-order valence-electron chi connectivity index (χ4n) is 2.50. The van der Waals surface area contributed by atoms with Crippen molar-refractivity contribution in [2.24, 2.45) is 0 Å². The van der Waals surface area contributed by atoms with Crippen LogP contribution in [0.5, 0.6) is 0 Å². The molecular weight excluding hydrogens is 337 g/mol. The van der Waals surface area contributed by atoms with Gasteiger partial charge in [-0.3, -0.25) is 0 Å². The SMILES string of the molecule is On1ccc(C2CC2)c2nc(-c3ccc(Br)cc3F)nc1-2. The average Bonchev–Trinajstić information content (AvgIpc) is 3.18. The molecular formula is C15H11BrFN3O. The molecule has 0 radical (unpaired) electrons. The lowest BCUT2D eigenvalue weighted by Crippen LogP contribution is -2.01. The fourth-order valence-corrected chi connectivity index (χ4v) is 2.84. The molecule has 0 atom stereocenters. The van der Waals surface area contributed by atoms with Gasteiger partial charge in [-0.05, 0) is 48.6 Å². The standard InChI is InChI=1S/C15H11BrFN3O/c16-9-3-4-11(12(17)7-9)14-18-13-10(8-1-2-8)5-6-20(21)15(13)19-14/h3-8,21H,1-2H2. The average molecular weight is 348 g/mol. The molecule has 3 aliphatic rings. The van der Waals surface area contributed by atoms with Crippen LogP contribution in [-0.2, 0) is 0 Å². The van der Waals surface area contributed by atoms with Crippen molar-refractivity contribution in [3.05, 3.63) is 46.3 Å². The zero-order valence-electron chi connectivity index (χ0n) is 10.9. The van der Waals surface area contributed by atoms with Gasteiger partial charge in [0.1, 0.15) is 11.5 Å². The van der Waals surface area contributed by atoms with Crippen LogP contribution in [0, 0.1) is 5.82 Å². The molecule has 106 valence electrons. The minimum Gasteiger partial charge on any atom is -0.427 e. The van der Waals surface area contributed by atoms with Crippen LogP contribution in [0.1, 0.15) is 24.3 Å². The third-order valence-corrected chi connectivity index (χ3v) is 4.21. The second kappa shape index (κ2) is 4.53. The predicted molar refractivity (Wildman–Crippen MR) is 78.9 cm³/mol. The van der Waals surface area contributed by atoms with Crippen LogP contribution in [-0.4, -0.2) is 19.9 Å². The summed E-state index contributed by atoms with van der Waals surface area (Å²) in [6.07, 6.45) is 3.81. The normalized spacial score (nSPS) is 14.8. The summed E-state index contributed by atoms with van der Waals surface area (Å²) >= 11 is 3.23. The van der Waals surface area contributed by atoms with Gasteiger partial charge in [-0.2, -0.15) is 4.73 Å². The minimum absolute atomic E-state index is 0.297. The first-order chi connectivity index (χ1) is 10.1. The van der Waals surface area contributed by atoms with E-state index in [2.05, 4.69) is 25.9 Å². The number of rotatable bonds is 2. The first-order valence-electron chi connectivity index (χ1n) is 6.67. The number of aromatic nitrogens is 3. The molecule has 6 heteroatoms. The maximum absolute atomic E-state index is 14.1. The maximum atomic E-state index is 14.1. The van der Waals surface area contributed by atoms with Crippen molar-refractivity contribution in [2.75, 3.05) is 0 Å². The smallest absolute Gasteiger partial charge is 0.196 e. The van der Waals surface area contributed by atoms with Crippen molar-refractivity contribution in [2.45, 2.75) is 18.8 Å². The number of hydrogen-bond donors (Lipinski definition) is 1. The zero-order valence-corrected chi connectivity index (χ0v) is 12.5. The third-order valence-electron chi connectivity index (χ3n) is 3.72. The van der Waals surface area contributed by atoms with Gasteiger partial charge in [-0.25, -0.2) is 14.4 Å². The molecule has 4 nitrogen and oxygen atoms in total. The van der Waals surface area contributed by atoms with Gasteiger partial charge in [0.05, 0.1) is 5.56 Å². The van der Waals surface area contributed by atoms with Crippen LogP contribution in [0.25, 0.3) is 22.9 Å². The summed E-state index contributed by atoms with van der Waals surface area (Å²) in [5.41, 5.74) is 2.06. The highest BCUT2D eigenvalue weighted by Gasteiger charge is 2.31. The van der Waals surface area contributed by atoms with Gasteiger partial charge in [0.2, 0.25) is 0 Å². The Hall–Kier alpha value is -1.95. The summed E-state index contributed by atoms with van der Waals surface area (Å²) in [5.74, 6) is 0.757. The van der Waals surface area contributed by atoms with E-state index in [1.54, 1.807) is 18.3 Å². The summed E-state index contributed by atoms with van der Waals surface area (Å²) in [6.45, 7) is 0. The van der Waals surface area contributed by atoms with Crippen LogP contribution in [0.15, 0.2) is 34.9 Å². The molecule has 21 heavy (non-hydrogen) atoms. The van der Waals surface area contributed by atoms with Gasteiger partial charge in [-0.15, -0.1) is 0 Å². The van der Waals surface area contributed by atoms with Gasteiger partial charge in [0, 0.05) is 10.7 Å². The first-order valence-corrected chi connectivity index (χ1v) is 7.46. The van der Waals surface area contributed by atoms with Crippen molar-refractivity contribution >= 4 is 15.9 Å². The summed E-state index contributed by atoms with van der Waals surface area (Å²) in [6, 6.07) is 6.61. The second-order valence-corrected chi connectivity index (χ2v) is 6.15. The van der Waals surface area contributed by atoms with Gasteiger partial charge in [-0.1, -0.05) is 15.9 Å². The Morgan fingerprint density at radius 1 is 1.24 bits per heavy atom. The maximum Gasteiger partial charge on any atom is 0.196 e. The second-order valence-electron chi connectivity index (χ2n) is 5.23. The van der Waals surface area contributed by atoms with Crippen molar-refractivity contribution in [3.63, 3.8) is 0 Å². The van der Waals surface area contributed by atoms with Gasteiger partial charge < -0.3 is 5.21 Å². The highest BCUT2D eigenvalue weighted by atomic mass is 79.9. The monoisotopic (exact) mass is 347 g/mol. The molecule has 1 fully saturated rings. The van der Waals surface area contributed by atoms with E-state index in [1.807, 2.05) is 6.07 Å². The molecule has 2 heterocycles. The van der Waals surface area contributed by atoms with Crippen molar-refractivity contribution in [1.29, 1.82) is 0 Å². The van der Waals surface area contributed by atoms with Crippen LogP contribution < -0.4 is 0 Å². The van der Waals surface area contributed by atoms with E-state index in [0.717, 1.165) is 23.1 Å². The molecule has 0 spiro atoms. The lowest BCUT2D eigenvalue weighted by molar-refractivity contribution is 0.186. The van der Waals surface area contributed by atoms with E-state index in [4.69, 9.17) is 0 Å². The number of hydrogen-bond acceptors (Lipinski definition) is 3. The number of fused-ring (bicyclic) bond motifs is 1.